The summed E-state index contributed by atoms with van der Waals surface area (Å²) >= 11 is 0. The van der Waals surface area contributed by atoms with Crippen molar-refractivity contribution in [1.82, 2.24) is 0 Å². The van der Waals surface area contributed by atoms with Crippen LogP contribution in [0.3, 0.4) is 0 Å². The predicted molar refractivity (Wildman–Crippen MR) is 117 cm³/mol. The third kappa shape index (κ3) is 7.06. The molecule has 2 amide bonds. The van der Waals surface area contributed by atoms with E-state index in [1.165, 1.54) is 12.1 Å². The number of amides is 2. The van der Waals surface area contributed by atoms with Crippen LogP contribution >= 0.6 is 0 Å². The van der Waals surface area contributed by atoms with Gasteiger partial charge in [-0.3, -0.25) is 14.4 Å². The van der Waals surface area contributed by atoms with E-state index >= 15 is 0 Å². The highest BCUT2D eigenvalue weighted by molar-refractivity contribution is 6.02. The highest BCUT2D eigenvalue weighted by Gasteiger charge is 2.30. The number of ether oxygens (including phenoxy) is 1. The van der Waals surface area contributed by atoms with Gasteiger partial charge < -0.3 is 15.4 Å². The van der Waals surface area contributed by atoms with Crippen LogP contribution in [0.1, 0.15) is 24.8 Å². The number of anilines is 2. The van der Waals surface area contributed by atoms with E-state index in [2.05, 4.69) is 10.6 Å². The van der Waals surface area contributed by atoms with Crippen molar-refractivity contribution in [3.63, 3.8) is 0 Å². The Morgan fingerprint density at radius 2 is 1.55 bits per heavy atom. The number of carbonyl (C=O) groups excluding carboxylic acids is 3. The van der Waals surface area contributed by atoms with E-state index in [4.69, 9.17) is 4.74 Å². The van der Waals surface area contributed by atoms with E-state index in [0.29, 0.717) is 5.69 Å². The van der Waals surface area contributed by atoms with Crippen LogP contribution in [-0.2, 0) is 25.3 Å². The van der Waals surface area contributed by atoms with Crippen molar-refractivity contribution in [2.75, 3.05) is 17.2 Å². The van der Waals surface area contributed by atoms with Crippen molar-refractivity contribution in [2.24, 2.45) is 0 Å². The van der Waals surface area contributed by atoms with Crippen LogP contribution in [0.5, 0.6) is 0 Å². The van der Waals surface area contributed by atoms with E-state index < -0.39 is 36.1 Å². The highest BCUT2D eigenvalue weighted by Crippen LogP contribution is 2.30. The number of carbonyl (C=O) groups is 3. The minimum absolute atomic E-state index is 0.0162. The van der Waals surface area contributed by atoms with Crippen molar-refractivity contribution >= 4 is 39.9 Å². The summed E-state index contributed by atoms with van der Waals surface area (Å²) in [7, 11) is 0. The fourth-order valence-corrected chi connectivity index (χ4v) is 3.13. The van der Waals surface area contributed by atoms with Crippen molar-refractivity contribution in [3.05, 3.63) is 72.3 Å². The summed E-state index contributed by atoms with van der Waals surface area (Å²) in [6, 6.07) is 17.2. The Bertz CT molecular complexity index is 1160. The number of hydrogen-bond acceptors (Lipinski definition) is 4. The van der Waals surface area contributed by atoms with Gasteiger partial charge in [-0.15, -0.1) is 0 Å². The minimum atomic E-state index is -4.51. The number of benzene rings is 3. The summed E-state index contributed by atoms with van der Waals surface area (Å²) in [6.07, 6.45) is -4.59. The van der Waals surface area contributed by atoms with Crippen molar-refractivity contribution in [1.29, 1.82) is 0 Å². The fourth-order valence-electron chi connectivity index (χ4n) is 3.13. The first-order valence-corrected chi connectivity index (χ1v) is 10.1. The number of nitrogens with one attached hydrogen (secondary N) is 2. The van der Waals surface area contributed by atoms with E-state index in [1.807, 2.05) is 30.3 Å². The summed E-state index contributed by atoms with van der Waals surface area (Å²) in [5.74, 6) is -1.69. The Balaban J connectivity index is 1.39. The molecule has 3 rings (SSSR count). The predicted octanol–water partition coefficient (Wildman–Crippen LogP) is 5.15. The third-order valence-electron chi connectivity index (χ3n) is 4.69. The average molecular weight is 458 g/mol. The maximum Gasteiger partial charge on any atom is 0.416 e. The molecule has 6 nitrogen and oxygen atoms in total. The summed E-state index contributed by atoms with van der Waals surface area (Å²) < 4.78 is 43.1. The number of alkyl halides is 3. The number of rotatable bonds is 8. The SMILES string of the molecule is O=C(CCCC(=O)OCC(=O)Nc1cccc2ccccc12)Nc1cccc(C(F)(F)F)c1. The van der Waals surface area contributed by atoms with Gasteiger partial charge in [-0.25, -0.2) is 0 Å². The van der Waals surface area contributed by atoms with Gasteiger partial charge in [0.1, 0.15) is 0 Å². The van der Waals surface area contributed by atoms with Crippen LogP contribution in [-0.4, -0.2) is 24.4 Å². The molecule has 9 heteroatoms. The Morgan fingerprint density at radius 1 is 0.818 bits per heavy atom. The Morgan fingerprint density at radius 3 is 2.33 bits per heavy atom. The second-order valence-corrected chi connectivity index (χ2v) is 7.22. The zero-order valence-corrected chi connectivity index (χ0v) is 17.4. The van der Waals surface area contributed by atoms with Crippen LogP contribution in [0.25, 0.3) is 10.8 Å². The molecule has 2 N–H and O–H groups in total. The zero-order chi connectivity index (χ0) is 23.8. The van der Waals surface area contributed by atoms with Gasteiger partial charge in [0.2, 0.25) is 5.91 Å². The lowest BCUT2D eigenvalue weighted by molar-refractivity contribution is -0.147. The molecule has 0 fully saturated rings. The second kappa shape index (κ2) is 10.6. The molecule has 172 valence electrons. The van der Waals surface area contributed by atoms with Crippen LogP contribution in [0, 0.1) is 0 Å². The van der Waals surface area contributed by atoms with Gasteiger partial charge in [-0.2, -0.15) is 13.2 Å². The Labute approximate surface area is 187 Å². The highest BCUT2D eigenvalue weighted by atomic mass is 19.4. The number of esters is 1. The average Bonchev–Trinajstić information content (AvgIpc) is 2.77. The van der Waals surface area contributed by atoms with Crippen molar-refractivity contribution in [3.8, 4) is 0 Å². The van der Waals surface area contributed by atoms with Gasteiger partial charge in [0.15, 0.2) is 6.61 Å². The molecule has 0 aromatic heterocycles. The first kappa shape index (κ1) is 23.8. The fraction of sp³-hybridized carbons (Fsp3) is 0.208. The second-order valence-electron chi connectivity index (χ2n) is 7.22. The maximum absolute atomic E-state index is 12.7. The molecule has 3 aromatic rings. The molecule has 0 spiro atoms. The Hall–Kier alpha value is -3.88. The van der Waals surface area contributed by atoms with Crippen LogP contribution < -0.4 is 10.6 Å². The van der Waals surface area contributed by atoms with E-state index in [9.17, 15) is 27.6 Å². The normalized spacial score (nSPS) is 11.1. The van der Waals surface area contributed by atoms with Crippen LogP contribution in [0.2, 0.25) is 0 Å². The van der Waals surface area contributed by atoms with E-state index in [-0.39, 0.29) is 24.9 Å². The summed E-state index contributed by atoms with van der Waals surface area (Å²) in [6.45, 7) is -0.474. The molecule has 0 bridgehead atoms. The quantitative estimate of drug-likeness (QED) is 0.458. The molecular formula is C24H21F3N2O4. The summed E-state index contributed by atoms with van der Waals surface area (Å²) in [4.78, 5) is 35.9. The molecule has 33 heavy (non-hydrogen) atoms. The van der Waals surface area contributed by atoms with E-state index in [0.717, 1.165) is 22.9 Å². The molecular weight excluding hydrogens is 437 g/mol. The Kier molecular flexibility index (Phi) is 7.66. The summed E-state index contributed by atoms with van der Waals surface area (Å²) in [5, 5.41) is 6.87. The first-order chi connectivity index (χ1) is 15.7. The maximum atomic E-state index is 12.7. The zero-order valence-electron chi connectivity index (χ0n) is 17.4. The molecule has 0 atom stereocenters. The molecule has 0 aliphatic heterocycles. The monoisotopic (exact) mass is 458 g/mol. The van der Waals surface area contributed by atoms with Crippen LogP contribution in [0.15, 0.2) is 66.7 Å². The molecule has 0 unspecified atom stereocenters. The van der Waals surface area contributed by atoms with Gasteiger partial charge in [-0.1, -0.05) is 42.5 Å². The lowest BCUT2D eigenvalue weighted by Crippen LogP contribution is -2.21. The lowest BCUT2D eigenvalue weighted by Gasteiger charge is -2.10. The molecule has 0 aliphatic rings. The smallest absolute Gasteiger partial charge is 0.416 e. The summed E-state index contributed by atoms with van der Waals surface area (Å²) in [5.41, 5.74) is -0.256. The van der Waals surface area contributed by atoms with Crippen molar-refractivity contribution in [2.45, 2.75) is 25.4 Å². The van der Waals surface area contributed by atoms with E-state index in [1.54, 1.807) is 12.1 Å². The number of hydrogen-bond donors (Lipinski definition) is 2. The largest absolute Gasteiger partial charge is 0.456 e. The van der Waals surface area contributed by atoms with Crippen molar-refractivity contribution < 1.29 is 32.3 Å². The third-order valence-corrected chi connectivity index (χ3v) is 4.69. The number of halogens is 3. The molecule has 3 aromatic carbocycles. The molecule has 0 saturated heterocycles. The standard InChI is InChI=1S/C24H21F3N2O4/c25-24(26,27)17-8-4-9-18(14-17)28-21(30)12-5-13-23(32)33-15-22(31)29-20-11-3-7-16-6-1-2-10-19(16)20/h1-4,6-11,14H,5,12-13,15H2,(H,28,30)(H,29,31). The van der Waals surface area contributed by atoms with Gasteiger partial charge in [0.05, 0.1) is 5.56 Å². The van der Waals surface area contributed by atoms with Gasteiger partial charge in [0.25, 0.3) is 5.91 Å². The minimum Gasteiger partial charge on any atom is -0.456 e. The lowest BCUT2D eigenvalue weighted by atomic mass is 10.1. The van der Waals surface area contributed by atoms with Gasteiger partial charge in [-0.05, 0) is 36.1 Å². The topological polar surface area (TPSA) is 84.5 Å². The molecule has 0 saturated carbocycles. The first-order valence-electron chi connectivity index (χ1n) is 10.1. The van der Waals surface area contributed by atoms with Crippen LogP contribution in [0.4, 0.5) is 24.5 Å². The van der Waals surface area contributed by atoms with Gasteiger partial charge >= 0.3 is 12.1 Å². The van der Waals surface area contributed by atoms with Gasteiger partial charge in [0, 0.05) is 29.6 Å². The molecule has 0 heterocycles. The number of fused-ring (bicyclic) bond motifs is 1. The molecule has 0 radical (unpaired) electrons. The molecule has 0 aliphatic carbocycles.